The van der Waals surface area contributed by atoms with Crippen LogP contribution in [0.15, 0.2) is 29.1 Å². The molecule has 0 aliphatic carbocycles. The first-order valence-electron chi connectivity index (χ1n) is 7.83. The van der Waals surface area contributed by atoms with E-state index in [9.17, 15) is 19.5 Å². The summed E-state index contributed by atoms with van der Waals surface area (Å²) in [6.45, 7) is 0.687. The van der Waals surface area contributed by atoms with Crippen LogP contribution in [0.1, 0.15) is 12.8 Å². The first-order valence-corrected chi connectivity index (χ1v) is 7.83. The Morgan fingerprint density at radius 3 is 2.92 bits per heavy atom. The standard InChI is InChI=1S/C16H19N3O5/c20-13(18-14(15(21)22)10-4-3-7-24-9-10)8-19-12-6-2-1-5-11(12)17-16(19)23/h1-2,5-6,10,14H,3-4,7-9H2,(H,17,23)(H,18,20)(H,21,22). The fourth-order valence-electron chi connectivity index (χ4n) is 3.04. The number of imidazole rings is 1. The van der Waals surface area contributed by atoms with Crippen molar-refractivity contribution < 1.29 is 19.4 Å². The summed E-state index contributed by atoms with van der Waals surface area (Å²) in [5.41, 5.74) is 0.829. The summed E-state index contributed by atoms with van der Waals surface area (Å²) in [6, 6.07) is 6.00. The number of carboxylic acids is 1. The molecule has 3 rings (SSSR count). The summed E-state index contributed by atoms with van der Waals surface area (Å²) in [6.07, 6.45) is 1.45. The predicted octanol–water partition coefficient (Wildman–Crippen LogP) is 0.326. The summed E-state index contributed by atoms with van der Waals surface area (Å²) < 4.78 is 6.60. The van der Waals surface area contributed by atoms with E-state index in [1.165, 1.54) is 4.57 Å². The SMILES string of the molecule is O=C(Cn1c(=O)[nH]c2ccccc21)NC(C(=O)O)C1CCCOC1. The van der Waals surface area contributed by atoms with E-state index in [1.807, 2.05) is 0 Å². The molecule has 0 saturated carbocycles. The zero-order chi connectivity index (χ0) is 17.1. The van der Waals surface area contributed by atoms with Gasteiger partial charge < -0.3 is 20.1 Å². The van der Waals surface area contributed by atoms with Gasteiger partial charge in [-0.1, -0.05) is 12.1 Å². The number of hydrogen-bond donors (Lipinski definition) is 3. The van der Waals surface area contributed by atoms with Gasteiger partial charge in [0.15, 0.2) is 0 Å². The number of amides is 1. The number of aromatic nitrogens is 2. The number of H-pyrrole nitrogens is 1. The number of carboxylic acid groups (broad SMARTS) is 1. The highest BCUT2D eigenvalue weighted by Gasteiger charge is 2.31. The molecular formula is C16H19N3O5. The Morgan fingerprint density at radius 2 is 2.21 bits per heavy atom. The predicted molar refractivity (Wildman–Crippen MR) is 85.7 cm³/mol. The minimum atomic E-state index is -1.09. The normalized spacial score (nSPS) is 19.1. The molecule has 0 radical (unpaired) electrons. The number of fused-ring (bicyclic) bond motifs is 1. The van der Waals surface area contributed by atoms with E-state index in [4.69, 9.17) is 4.74 Å². The third-order valence-electron chi connectivity index (χ3n) is 4.23. The molecular weight excluding hydrogens is 314 g/mol. The average Bonchev–Trinajstić information content (AvgIpc) is 2.89. The fraction of sp³-hybridized carbons (Fsp3) is 0.438. The van der Waals surface area contributed by atoms with Gasteiger partial charge >= 0.3 is 11.7 Å². The van der Waals surface area contributed by atoms with E-state index in [0.29, 0.717) is 30.7 Å². The molecule has 1 aromatic heterocycles. The van der Waals surface area contributed by atoms with Gasteiger partial charge in [-0.15, -0.1) is 0 Å². The summed E-state index contributed by atoms with van der Waals surface area (Å²) >= 11 is 0. The average molecular weight is 333 g/mol. The number of para-hydroxylation sites is 2. The van der Waals surface area contributed by atoms with Gasteiger partial charge in [0.1, 0.15) is 12.6 Å². The summed E-state index contributed by atoms with van der Waals surface area (Å²) in [5.74, 6) is -1.87. The maximum atomic E-state index is 12.3. The molecule has 0 spiro atoms. The van der Waals surface area contributed by atoms with Gasteiger partial charge in [-0.2, -0.15) is 0 Å². The molecule has 2 aromatic rings. The Kier molecular flexibility index (Phi) is 4.66. The molecule has 1 aliphatic rings. The number of hydrogen-bond acceptors (Lipinski definition) is 4. The van der Waals surface area contributed by atoms with Gasteiger partial charge in [0.05, 0.1) is 17.6 Å². The molecule has 8 nitrogen and oxygen atoms in total. The number of ether oxygens (including phenoxy) is 1. The molecule has 1 amide bonds. The highest BCUT2D eigenvalue weighted by molar-refractivity contribution is 5.85. The van der Waals surface area contributed by atoms with Crippen molar-refractivity contribution in [1.29, 1.82) is 0 Å². The van der Waals surface area contributed by atoms with Crippen LogP contribution in [0.4, 0.5) is 0 Å². The van der Waals surface area contributed by atoms with Crippen LogP contribution < -0.4 is 11.0 Å². The second-order valence-corrected chi connectivity index (χ2v) is 5.89. The van der Waals surface area contributed by atoms with Crippen molar-refractivity contribution in [2.75, 3.05) is 13.2 Å². The van der Waals surface area contributed by atoms with Gasteiger partial charge in [-0.25, -0.2) is 9.59 Å². The smallest absolute Gasteiger partial charge is 0.326 e. The summed E-state index contributed by atoms with van der Waals surface area (Å²) in [7, 11) is 0. The number of aromatic amines is 1. The van der Waals surface area contributed by atoms with E-state index in [1.54, 1.807) is 24.3 Å². The molecule has 0 bridgehead atoms. The van der Waals surface area contributed by atoms with Crippen LogP contribution in [0, 0.1) is 5.92 Å². The number of nitrogens with zero attached hydrogens (tertiary/aromatic N) is 1. The molecule has 1 saturated heterocycles. The molecule has 2 unspecified atom stereocenters. The van der Waals surface area contributed by atoms with E-state index in [0.717, 1.165) is 6.42 Å². The zero-order valence-electron chi connectivity index (χ0n) is 13.0. The fourth-order valence-corrected chi connectivity index (χ4v) is 3.04. The van der Waals surface area contributed by atoms with Gasteiger partial charge in [-0.05, 0) is 25.0 Å². The quantitative estimate of drug-likeness (QED) is 0.729. The Balaban J connectivity index is 1.74. The maximum Gasteiger partial charge on any atom is 0.326 e. The zero-order valence-corrected chi connectivity index (χ0v) is 13.0. The topological polar surface area (TPSA) is 113 Å². The Morgan fingerprint density at radius 1 is 1.42 bits per heavy atom. The molecule has 128 valence electrons. The summed E-state index contributed by atoms with van der Waals surface area (Å²) in [4.78, 5) is 38.4. The molecule has 24 heavy (non-hydrogen) atoms. The van der Waals surface area contributed by atoms with Crippen molar-refractivity contribution in [1.82, 2.24) is 14.9 Å². The van der Waals surface area contributed by atoms with Gasteiger partial charge in [0, 0.05) is 12.5 Å². The minimum Gasteiger partial charge on any atom is -0.480 e. The van der Waals surface area contributed by atoms with E-state index in [2.05, 4.69) is 10.3 Å². The maximum absolute atomic E-state index is 12.3. The van der Waals surface area contributed by atoms with Gasteiger partial charge in [-0.3, -0.25) is 9.36 Å². The largest absolute Gasteiger partial charge is 0.480 e. The van der Waals surface area contributed by atoms with Crippen molar-refractivity contribution in [3.63, 3.8) is 0 Å². The highest BCUT2D eigenvalue weighted by Crippen LogP contribution is 2.18. The first kappa shape index (κ1) is 16.3. The van der Waals surface area contributed by atoms with Crippen LogP contribution in [0.5, 0.6) is 0 Å². The molecule has 2 atom stereocenters. The van der Waals surface area contributed by atoms with Gasteiger partial charge in [0.25, 0.3) is 0 Å². The Bertz CT molecular complexity index is 803. The second-order valence-electron chi connectivity index (χ2n) is 5.89. The Hall–Kier alpha value is -2.61. The number of carbonyl (C=O) groups excluding carboxylic acids is 1. The lowest BCUT2D eigenvalue weighted by atomic mass is 9.93. The van der Waals surface area contributed by atoms with Crippen molar-refractivity contribution in [2.24, 2.45) is 5.92 Å². The number of benzene rings is 1. The van der Waals surface area contributed by atoms with Crippen molar-refractivity contribution >= 4 is 22.9 Å². The molecule has 1 fully saturated rings. The first-order chi connectivity index (χ1) is 11.6. The Labute approximate surface area is 137 Å². The third kappa shape index (κ3) is 3.33. The molecule has 1 aromatic carbocycles. The molecule has 1 aliphatic heterocycles. The number of nitrogens with one attached hydrogen (secondary N) is 2. The monoisotopic (exact) mass is 333 g/mol. The summed E-state index contributed by atoms with van der Waals surface area (Å²) in [5, 5.41) is 11.9. The molecule has 2 heterocycles. The van der Waals surface area contributed by atoms with E-state index < -0.39 is 23.6 Å². The van der Waals surface area contributed by atoms with Crippen LogP contribution in [-0.2, 0) is 20.9 Å². The van der Waals surface area contributed by atoms with Crippen molar-refractivity contribution in [2.45, 2.75) is 25.4 Å². The molecule has 3 N–H and O–H groups in total. The van der Waals surface area contributed by atoms with Crippen LogP contribution in [0.2, 0.25) is 0 Å². The van der Waals surface area contributed by atoms with E-state index in [-0.39, 0.29) is 12.5 Å². The highest BCUT2D eigenvalue weighted by atomic mass is 16.5. The van der Waals surface area contributed by atoms with Crippen LogP contribution in [0.3, 0.4) is 0 Å². The van der Waals surface area contributed by atoms with Gasteiger partial charge in [0.2, 0.25) is 5.91 Å². The van der Waals surface area contributed by atoms with Crippen LogP contribution in [-0.4, -0.2) is 45.8 Å². The lowest BCUT2D eigenvalue weighted by Crippen LogP contribution is -2.49. The number of aliphatic carboxylic acids is 1. The minimum absolute atomic E-state index is 0.236. The third-order valence-corrected chi connectivity index (χ3v) is 4.23. The van der Waals surface area contributed by atoms with E-state index >= 15 is 0 Å². The van der Waals surface area contributed by atoms with Crippen molar-refractivity contribution in [3.05, 3.63) is 34.7 Å². The lowest BCUT2D eigenvalue weighted by molar-refractivity contribution is -0.145. The second kappa shape index (κ2) is 6.88. The van der Waals surface area contributed by atoms with Crippen LogP contribution in [0.25, 0.3) is 11.0 Å². The lowest BCUT2D eigenvalue weighted by Gasteiger charge is -2.28. The molecule has 8 heteroatoms. The van der Waals surface area contributed by atoms with Crippen molar-refractivity contribution in [3.8, 4) is 0 Å². The van der Waals surface area contributed by atoms with Crippen LogP contribution >= 0.6 is 0 Å². The number of rotatable bonds is 5. The number of carbonyl (C=O) groups is 2.